The van der Waals surface area contributed by atoms with E-state index in [9.17, 15) is 19.2 Å². The van der Waals surface area contributed by atoms with Crippen LogP contribution in [0.5, 0.6) is 0 Å². The average molecular weight is 406 g/mol. The predicted octanol–water partition coefficient (Wildman–Crippen LogP) is 1.60. The van der Waals surface area contributed by atoms with E-state index in [0.29, 0.717) is 10.6 Å². The number of benzene rings is 2. The van der Waals surface area contributed by atoms with Gasteiger partial charge in [0.15, 0.2) is 6.61 Å². The summed E-state index contributed by atoms with van der Waals surface area (Å²) in [6, 6.07) is 15.6. The minimum absolute atomic E-state index is 0.103. The molecule has 0 bridgehead atoms. The van der Waals surface area contributed by atoms with E-state index >= 15 is 0 Å². The molecule has 1 heterocycles. The van der Waals surface area contributed by atoms with E-state index in [1.54, 1.807) is 37.3 Å². The highest BCUT2D eigenvalue weighted by Gasteiger charge is 2.52. The van der Waals surface area contributed by atoms with Crippen molar-refractivity contribution in [1.29, 1.82) is 5.26 Å². The first kappa shape index (κ1) is 20.5. The lowest BCUT2D eigenvalue weighted by molar-refractivity contribution is -0.140. The van der Waals surface area contributed by atoms with Gasteiger partial charge < -0.3 is 10.1 Å². The molecule has 2 N–H and O–H groups in total. The molecule has 0 spiro atoms. The van der Waals surface area contributed by atoms with Gasteiger partial charge in [0, 0.05) is 0 Å². The SMILES string of the molecule is CC[C@@]1(c2ccccc2)NC(=O)N(NC(=O)COC(=O)c2cccc(C#N)c2)C1=O. The van der Waals surface area contributed by atoms with Crippen molar-refractivity contribution in [1.82, 2.24) is 15.8 Å². The summed E-state index contributed by atoms with van der Waals surface area (Å²) >= 11 is 0. The van der Waals surface area contributed by atoms with Gasteiger partial charge in [-0.25, -0.2) is 9.59 Å². The highest BCUT2D eigenvalue weighted by atomic mass is 16.5. The fourth-order valence-corrected chi connectivity index (χ4v) is 3.13. The van der Waals surface area contributed by atoms with Crippen molar-refractivity contribution in [2.75, 3.05) is 6.61 Å². The zero-order chi connectivity index (χ0) is 21.7. The molecule has 4 amide bonds. The summed E-state index contributed by atoms with van der Waals surface area (Å²) in [5, 5.41) is 12.1. The third-order valence-electron chi connectivity index (χ3n) is 4.69. The predicted molar refractivity (Wildman–Crippen MR) is 103 cm³/mol. The molecule has 1 aliphatic heterocycles. The number of esters is 1. The third kappa shape index (κ3) is 3.84. The largest absolute Gasteiger partial charge is 0.452 e. The molecule has 2 aromatic carbocycles. The first-order valence-electron chi connectivity index (χ1n) is 9.10. The molecular formula is C21H18N4O5. The minimum Gasteiger partial charge on any atom is -0.452 e. The molecular weight excluding hydrogens is 388 g/mol. The van der Waals surface area contributed by atoms with Crippen LogP contribution in [-0.4, -0.2) is 35.4 Å². The highest BCUT2D eigenvalue weighted by Crippen LogP contribution is 2.31. The van der Waals surface area contributed by atoms with Gasteiger partial charge in [-0.1, -0.05) is 43.3 Å². The quantitative estimate of drug-likeness (QED) is 0.554. The Morgan fingerprint density at radius 2 is 1.90 bits per heavy atom. The molecule has 1 saturated heterocycles. The zero-order valence-corrected chi connectivity index (χ0v) is 16.0. The van der Waals surface area contributed by atoms with Crippen LogP contribution in [0.4, 0.5) is 4.79 Å². The smallest absolute Gasteiger partial charge is 0.344 e. The van der Waals surface area contributed by atoms with Gasteiger partial charge in [-0.05, 0) is 30.2 Å². The van der Waals surface area contributed by atoms with Gasteiger partial charge in [0.2, 0.25) is 0 Å². The summed E-state index contributed by atoms with van der Waals surface area (Å²) in [6.45, 7) is 1.03. The monoisotopic (exact) mass is 406 g/mol. The molecule has 30 heavy (non-hydrogen) atoms. The number of hydrazine groups is 1. The Morgan fingerprint density at radius 1 is 1.17 bits per heavy atom. The van der Waals surface area contributed by atoms with E-state index in [2.05, 4.69) is 10.7 Å². The zero-order valence-electron chi connectivity index (χ0n) is 16.0. The van der Waals surface area contributed by atoms with E-state index in [-0.39, 0.29) is 17.5 Å². The van der Waals surface area contributed by atoms with Crippen LogP contribution in [0.2, 0.25) is 0 Å². The molecule has 0 saturated carbocycles. The van der Waals surface area contributed by atoms with Crippen LogP contribution in [0.1, 0.15) is 34.8 Å². The molecule has 0 aliphatic carbocycles. The molecule has 3 rings (SSSR count). The number of hydrogen-bond acceptors (Lipinski definition) is 6. The molecule has 1 fully saturated rings. The average Bonchev–Trinajstić information content (AvgIpc) is 3.03. The van der Waals surface area contributed by atoms with Crippen LogP contribution < -0.4 is 10.7 Å². The van der Waals surface area contributed by atoms with E-state index in [1.165, 1.54) is 24.3 Å². The van der Waals surface area contributed by atoms with Gasteiger partial charge >= 0.3 is 12.0 Å². The lowest BCUT2D eigenvalue weighted by Gasteiger charge is -2.25. The molecule has 9 nitrogen and oxygen atoms in total. The summed E-state index contributed by atoms with van der Waals surface area (Å²) < 4.78 is 4.90. The van der Waals surface area contributed by atoms with Gasteiger partial charge in [0.05, 0.1) is 17.2 Å². The Hall–Kier alpha value is -4.19. The number of ether oxygens (including phenoxy) is 1. The Kier molecular flexibility index (Phi) is 5.78. The van der Waals surface area contributed by atoms with Crippen molar-refractivity contribution in [3.05, 3.63) is 71.3 Å². The number of rotatable bonds is 6. The number of nitrogens with one attached hydrogen (secondary N) is 2. The number of carbonyl (C=O) groups excluding carboxylic acids is 4. The minimum atomic E-state index is -1.29. The van der Waals surface area contributed by atoms with Crippen molar-refractivity contribution in [3.8, 4) is 6.07 Å². The summed E-state index contributed by atoms with van der Waals surface area (Å²) in [5.41, 5.74) is 1.84. The van der Waals surface area contributed by atoms with Crippen LogP contribution in [-0.2, 0) is 19.9 Å². The molecule has 1 atom stereocenters. The Morgan fingerprint density at radius 3 is 2.57 bits per heavy atom. The summed E-state index contributed by atoms with van der Waals surface area (Å²) in [6.07, 6.45) is 0.276. The van der Waals surface area contributed by atoms with Crippen molar-refractivity contribution < 1.29 is 23.9 Å². The fraction of sp³-hybridized carbons (Fsp3) is 0.190. The van der Waals surface area contributed by atoms with Crippen LogP contribution in [0.25, 0.3) is 0 Å². The van der Waals surface area contributed by atoms with Crippen molar-refractivity contribution in [2.24, 2.45) is 0 Å². The van der Waals surface area contributed by atoms with Crippen LogP contribution in [0.3, 0.4) is 0 Å². The molecule has 9 heteroatoms. The Labute approximate surface area is 172 Å². The van der Waals surface area contributed by atoms with Crippen molar-refractivity contribution in [2.45, 2.75) is 18.9 Å². The van der Waals surface area contributed by atoms with E-state index in [4.69, 9.17) is 10.00 Å². The fourth-order valence-electron chi connectivity index (χ4n) is 3.13. The second-order valence-electron chi connectivity index (χ2n) is 6.50. The lowest BCUT2D eigenvalue weighted by Crippen LogP contribution is -2.49. The number of amides is 4. The topological polar surface area (TPSA) is 129 Å². The molecule has 1 aliphatic rings. The van der Waals surface area contributed by atoms with Crippen LogP contribution in [0, 0.1) is 11.3 Å². The third-order valence-corrected chi connectivity index (χ3v) is 4.69. The van der Waals surface area contributed by atoms with Gasteiger partial charge in [-0.15, -0.1) is 0 Å². The normalized spacial score (nSPS) is 17.8. The maximum absolute atomic E-state index is 12.9. The highest BCUT2D eigenvalue weighted by molar-refractivity contribution is 6.08. The van der Waals surface area contributed by atoms with E-state index in [1.807, 2.05) is 6.07 Å². The maximum atomic E-state index is 12.9. The number of imide groups is 1. The van der Waals surface area contributed by atoms with Crippen LogP contribution >= 0.6 is 0 Å². The Balaban J connectivity index is 1.65. The van der Waals surface area contributed by atoms with E-state index < -0.39 is 36.0 Å². The molecule has 2 aromatic rings. The second-order valence-corrected chi connectivity index (χ2v) is 6.50. The van der Waals surface area contributed by atoms with Crippen molar-refractivity contribution >= 4 is 23.8 Å². The number of nitrogens with zero attached hydrogens (tertiary/aromatic N) is 2. The molecule has 0 radical (unpaired) electrons. The van der Waals surface area contributed by atoms with Gasteiger partial charge in [0.25, 0.3) is 11.8 Å². The number of hydrogen-bond donors (Lipinski definition) is 2. The summed E-state index contributed by atoms with van der Waals surface area (Å²) in [4.78, 5) is 49.5. The van der Waals surface area contributed by atoms with Gasteiger partial charge in [0.1, 0.15) is 5.54 Å². The Bertz CT molecular complexity index is 1050. The summed E-state index contributed by atoms with van der Waals surface area (Å²) in [5.74, 6) is -2.31. The van der Waals surface area contributed by atoms with E-state index in [0.717, 1.165) is 0 Å². The number of carbonyl (C=O) groups is 4. The van der Waals surface area contributed by atoms with Crippen molar-refractivity contribution in [3.63, 3.8) is 0 Å². The molecule has 152 valence electrons. The molecule has 0 aromatic heterocycles. The first-order chi connectivity index (χ1) is 14.4. The van der Waals surface area contributed by atoms with Gasteiger partial charge in [-0.3, -0.25) is 15.0 Å². The lowest BCUT2D eigenvalue weighted by atomic mass is 9.87. The number of urea groups is 1. The van der Waals surface area contributed by atoms with Gasteiger partial charge in [-0.2, -0.15) is 10.3 Å². The standard InChI is InChI=1S/C21H18N4O5/c1-2-21(16-9-4-3-5-10-16)19(28)25(20(29)23-21)24-17(26)13-30-18(27)15-8-6-7-14(11-15)12-22/h3-11H,2,13H2,1H3,(H,23,29)(H,24,26)/t21-/m0/s1. The maximum Gasteiger partial charge on any atom is 0.344 e. The molecule has 0 unspecified atom stereocenters. The number of nitriles is 1. The van der Waals surface area contributed by atoms with Crippen LogP contribution in [0.15, 0.2) is 54.6 Å². The summed E-state index contributed by atoms with van der Waals surface area (Å²) in [7, 11) is 0. The first-order valence-corrected chi connectivity index (χ1v) is 9.10. The second kappa shape index (κ2) is 8.45.